The number of hydrogen-bond acceptors (Lipinski definition) is 24. The van der Waals surface area contributed by atoms with Crippen molar-refractivity contribution >= 4 is 87.4 Å². The highest BCUT2D eigenvalue weighted by molar-refractivity contribution is 6.68. The van der Waals surface area contributed by atoms with Crippen molar-refractivity contribution in [3.63, 3.8) is 0 Å². The molecule has 4 N–H and O–H groups in total. The molecule has 24 nitrogen and oxygen atoms in total. The summed E-state index contributed by atoms with van der Waals surface area (Å²) in [6.07, 6.45) is 1.97. The van der Waals surface area contributed by atoms with E-state index < -0.39 is 64.2 Å². The van der Waals surface area contributed by atoms with Gasteiger partial charge in [0, 0.05) is 37.9 Å². The number of unbranched alkanes of at least 4 members (excludes halogenated alkanes) is 2. The lowest BCUT2D eigenvalue weighted by Crippen LogP contribution is -2.15. The Kier molecular flexibility index (Phi) is 35.8. The Balaban J connectivity index is 0.000000548. The van der Waals surface area contributed by atoms with Crippen LogP contribution in [0.1, 0.15) is 136 Å². The molecule has 0 aliphatic rings. The van der Waals surface area contributed by atoms with Crippen LogP contribution in [-0.2, 0) is 47.4 Å². The Labute approximate surface area is 497 Å². The molecule has 0 atom stereocenters. The Hall–Kier alpha value is -8.75. The monoisotopic (exact) mass is 1220 g/mol. The van der Waals surface area contributed by atoms with Crippen molar-refractivity contribution in [2.75, 3.05) is 86.9 Å². The number of carbonyl (C=O) groups excluding carboxylic acids is 11. The zero-order chi connectivity index (χ0) is 62.9. The molecule has 0 radical (unpaired) electrons. The van der Waals surface area contributed by atoms with Crippen LogP contribution in [-0.4, -0.2) is 172 Å². The fourth-order valence-electron chi connectivity index (χ4n) is 6.06. The van der Waals surface area contributed by atoms with E-state index in [0.717, 1.165) is 12.8 Å². The Morgan fingerprint density at radius 1 is 0.306 bits per heavy atom. The molecule has 0 saturated carbocycles. The van der Waals surface area contributed by atoms with E-state index in [1.165, 1.54) is 136 Å². The summed E-state index contributed by atoms with van der Waals surface area (Å²) < 4.78 is 44.0. The van der Waals surface area contributed by atoms with Gasteiger partial charge in [-0.25, -0.2) is 38.4 Å². The van der Waals surface area contributed by atoms with Crippen molar-refractivity contribution in [2.45, 2.75) is 32.1 Å². The number of esters is 9. The van der Waals surface area contributed by atoms with Crippen LogP contribution >= 0.6 is 23.2 Å². The molecule has 5 aromatic rings. The number of methoxy groups -OCH3 is 2. The van der Waals surface area contributed by atoms with Crippen molar-refractivity contribution in [3.05, 3.63) is 177 Å². The number of rotatable bonds is 28. The fourth-order valence-corrected chi connectivity index (χ4v) is 6.31. The van der Waals surface area contributed by atoms with Gasteiger partial charge < -0.3 is 63.1 Å². The molecule has 0 saturated heterocycles. The van der Waals surface area contributed by atoms with E-state index in [-0.39, 0.29) is 118 Å². The number of halogens is 2. The van der Waals surface area contributed by atoms with Crippen LogP contribution in [0.25, 0.3) is 0 Å². The zero-order valence-electron chi connectivity index (χ0n) is 46.1. The van der Waals surface area contributed by atoms with Gasteiger partial charge in [0.05, 0.1) is 78.0 Å². The second-order valence-electron chi connectivity index (χ2n) is 16.6. The molecule has 85 heavy (non-hydrogen) atoms. The van der Waals surface area contributed by atoms with E-state index in [1.807, 2.05) is 0 Å². The summed E-state index contributed by atoms with van der Waals surface area (Å²) in [5.41, 5.74) is 2.37. The van der Waals surface area contributed by atoms with Gasteiger partial charge in [0.15, 0.2) is 0 Å². The first-order valence-corrected chi connectivity index (χ1v) is 26.3. The van der Waals surface area contributed by atoms with Crippen molar-refractivity contribution in [2.24, 2.45) is 0 Å². The van der Waals surface area contributed by atoms with Gasteiger partial charge in [-0.05, 0) is 170 Å². The highest BCUT2D eigenvalue weighted by Gasteiger charge is 2.17. The maximum Gasteiger partial charge on any atom is 0.345 e. The van der Waals surface area contributed by atoms with Gasteiger partial charge in [-0.15, -0.1) is 0 Å². The maximum atomic E-state index is 12.3. The number of carbonyl (C=O) groups is 11. The molecular formula is C59H62Cl2O24. The summed E-state index contributed by atoms with van der Waals surface area (Å²) in [7, 11) is 2.73. The van der Waals surface area contributed by atoms with Gasteiger partial charge in [-0.1, -0.05) is 0 Å². The van der Waals surface area contributed by atoms with Crippen LogP contribution in [0.4, 0.5) is 0 Å². The van der Waals surface area contributed by atoms with Gasteiger partial charge in [0.2, 0.25) is 0 Å². The Morgan fingerprint density at radius 2 is 0.565 bits per heavy atom. The van der Waals surface area contributed by atoms with Crippen LogP contribution in [0.2, 0.25) is 0 Å². The first-order chi connectivity index (χ1) is 40.8. The standard InChI is InChI=1S/C35H34O14.C12H14O6.C8H4Cl2O2.C4H10O2/c1-43-19-20-46-32(39)25-10-12-26(13-11-25)33(40)47-21-22-48-34(41)27-14-16-28(17-15-27)35(42)49-29(36)5-3-4-18-45-31(38)24-8-6-23(7-9-24)30(37)44-2;13-5-7-17-11(15)9-1-2-10(4-3-9)12(16)18-8-6-14;9-7(11)5-1-2-6(4-3-5)8(10)12;5-3-1-2-4-6/h6-17H,3-5,18-22H2,1-2H3;1-4,13-14H,5-8H2;1-4H;5-6H,1-4H2. The summed E-state index contributed by atoms with van der Waals surface area (Å²) in [6.45, 7) is -0.309. The van der Waals surface area contributed by atoms with Gasteiger partial charge in [0.1, 0.15) is 33.0 Å². The largest absolute Gasteiger partial charge is 0.465 e. The number of aliphatic hydroxyl groups excluding tert-OH is 4. The lowest BCUT2D eigenvalue weighted by atomic mass is 10.1. The molecule has 5 aromatic carbocycles. The molecule has 26 heteroatoms. The minimum atomic E-state index is -0.908. The lowest BCUT2D eigenvalue weighted by molar-refractivity contribution is -0.138. The third-order valence-electron chi connectivity index (χ3n) is 10.4. The molecule has 0 fully saturated rings. The predicted octanol–water partition coefficient (Wildman–Crippen LogP) is 6.18. The van der Waals surface area contributed by atoms with Gasteiger partial charge in [-0.2, -0.15) is 0 Å². The van der Waals surface area contributed by atoms with Crippen molar-refractivity contribution < 1.29 is 116 Å². The summed E-state index contributed by atoms with van der Waals surface area (Å²) in [5.74, 6) is -5.92. The third kappa shape index (κ3) is 28.9. The minimum absolute atomic E-state index is 0.0280. The molecule has 0 bridgehead atoms. The van der Waals surface area contributed by atoms with E-state index in [4.69, 9.17) is 81.5 Å². The number of aliphatic hydroxyl groups is 4. The molecule has 456 valence electrons. The highest BCUT2D eigenvalue weighted by Crippen LogP contribution is 2.14. The fraction of sp³-hybridized carbons (Fsp3) is 0.305. The Bertz CT molecular complexity index is 2850. The summed E-state index contributed by atoms with van der Waals surface area (Å²) in [4.78, 5) is 128. The average Bonchev–Trinajstić information content (AvgIpc) is 3.54. The maximum absolute atomic E-state index is 12.3. The van der Waals surface area contributed by atoms with E-state index in [0.29, 0.717) is 29.5 Å². The molecule has 0 heterocycles. The second kappa shape index (κ2) is 42.1. The summed E-state index contributed by atoms with van der Waals surface area (Å²) >= 11 is 10.4. The molecule has 0 spiro atoms. The predicted molar refractivity (Wildman–Crippen MR) is 299 cm³/mol. The van der Waals surface area contributed by atoms with Crippen molar-refractivity contribution in [1.29, 1.82) is 0 Å². The average molecular weight is 1230 g/mol. The first kappa shape index (κ1) is 72.4. The summed E-state index contributed by atoms with van der Waals surface area (Å²) in [5, 5.41) is 32.1. The topological polar surface area (TPSA) is 352 Å². The molecule has 0 unspecified atom stereocenters. The quantitative estimate of drug-likeness (QED) is 0.0143. The molecular weight excluding hydrogens is 1160 g/mol. The van der Waals surface area contributed by atoms with Crippen LogP contribution in [0.15, 0.2) is 121 Å². The van der Waals surface area contributed by atoms with Crippen LogP contribution in [0.3, 0.4) is 0 Å². The minimum Gasteiger partial charge on any atom is -0.465 e. The second-order valence-corrected chi connectivity index (χ2v) is 17.2. The SMILES string of the molecule is COCCOC(=O)c1ccc(C(=O)OCCOC(=O)c2ccc(C(=O)OC(=O)CCCCOC(=O)c3ccc(C(=O)OC)cc3)cc2)cc1.O=C(Cl)c1ccc(C(=O)Cl)cc1.O=C(OCCO)c1ccc(C(=O)OCCO)cc1.OCCCCO. The van der Waals surface area contributed by atoms with Crippen molar-refractivity contribution in [3.8, 4) is 0 Å². The van der Waals surface area contributed by atoms with E-state index in [2.05, 4.69) is 4.74 Å². The molecule has 5 rings (SSSR count). The van der Waals surface area contributed by atoms with E-state index >= 15 is 0 Å². The number of benzene rings is 5. The third-order valence-corrected chi connectivity index (χ3v) is 10.9. The van der Waals surface area contributed by atoms with Crippen LogP contribution in [0, 0.1) is 0 Å². The highest BCUT2D eigenvalue weighted by atomic mass is 35.5. The molecule has 0 aromatic heterocycles. The Morgan fingerprint density at radius 3 is 0.835 bits per heavy atom. The van der Waals surface area contributed by atoms with Gasteiger partial charge >= 0.3 is 53.7 Å². The molecule has 0 amide bonds. The molecule has 0 aliphatic carbocycles. The first-order valence-electron chi connectivity index (χ1n) is 25.5. The van der Waals surface area contributed by atoms with Crippen molar-refractivity contribution in [1.82, 2.24) is 0 Å². The van der Waals surface area contributed by atoms with E-state index in [1.54, 1.807) is 0 Å². The summed E-state index contributed by atoms with van der Waals surface area (Å²) in [6, 6.07) is 28.1. The molecule has 0 aliphatic heterocycles. The number of ether oxygens (including phenoxy) is 9. The zero-order valence-corrected chi connectivity index (χ0v) is 47.6. The van der Waals surface area contributed by atoms with Gasteiger partial charge in [0.25, 0.3) is 10.5 Å². The van der Waals surface area contributed by atoms with Gasteiger partial charge in [-0.3, -0.25) is 14.4 Å². The smallest absolute Gasteiger partial charge is 0.345 e. The number of hydrogen-bond donors (Lipinski definition) is 4. The van der Waals surface area contributed by atoms with Crippen LogP contribution < -0.4 is 0 Å². The lowest BCUT2D eigenvalue weighted by Gasteiger charge is -2.08. The normalized spacial score (nSPS) is 10.0. The van der Waals surface area contributed by atoms with E-state index in [9.17, 15) is 52.7 Å². The van der Waals surface area contributed by atoms with Crippen LogP contribution in [0.5, 0.6) is 0 Å².